The minimum atomic E-state index is -3.55. The SMILES string of the molecule is COC(=O)c1ccccc1Oc1ccc(S(=O)(=O)CCc2ccnc3ccccc23)cn1. The highest BCUT2D eigenvalue weighted by atomic mass is 32.2. The van der Waals surface area contributed by atoms with E-state index in [1.807, 2.05) is 30.3 Å². The van der Waals surface area contributed by atoms with Crippen molar-refractivity contribution in [3.8, 4) is 11.6 Å². The Labute approximate surface area is 185 Å². The highest BCUT2D eigenvalue weighted by Gasteiger charge is 2.17. The Morgan fingerprint density at radius 2 is 1.72 bits per heavy atom. The largest absolute Gasteiger partial charge is 0.465 e. The molecule has 0 bridgehead atoms. The number of fused-ring (bicyclic) bond motifs is 1. The lowest BCUT2D eigenvalue weighted by Gasteiger charge is -2.10. The number of hydrogen-bond acceptors (Lipinski definition) is 7. The zero-order chi connectivity index (χ0) is 22.6. The molecule has 0 aliphatic carbocycles. The van der Waals surface area contributed by atoms with Gasteiger partial charge in [-0.2, -0.15) is 0 Å². The van der Waals surface area contributed by atoms with Crippen molar-refractivity contribution < 1.29 is 22.7 Å². The third kappa shape index (κ3) is 4.60. The number of rotatable bonds is 7. The molecule has 8 heteroatoms. The molecule has 0 saturated heterocycles. The smallest absolute Gasteiger partial charge is 0.341 e. The molecule has 0 N–H and O–H groups in total. The van der Waals surface area contributed by atoms with Crippen LogP contribution in [-0.2, 0) is 21.0 Å². The van der Waals surface area contributed by atoms with Gasteiger partial charge in [0.05, 0.1) is 23.3 Å². The van der Waals surface area contributed by atoms with E-state index < -0.39 is 15.8 Å². The molecule has 0 aliphatic heterocycles. The molecule has 0 radical (unpaired) electrons. The number of carbonyl (C=O) groups excluding carboxylic acids is 1. The fraction of sp³-hybridized carbons (Fsp3) is 0.125. The van der Waals surface area contributed by atoms with Crippen LogP contribution in [0.15, 0.2) is 84.0 Å². The summed E-state index contributed by atoms with van der Waals surface area (Å²) in [4.78, 5) is 20.4. The van der Waals surface area contributed by atoms with Crippen LogP contribution in [0.25, 0.3) is 10.9 Å². The zero-order valence-corrected chi connectivity index (χ0v) is 18.1. The summed E-state index contributed by atoms with van der Waals surface area (Å²) >= 11 is 0. The van der Waals surface area contributed by atoms with E-state index in [-0.39, 0.29) is 27.8 Å². The van der Waals surface area contributed by atoms with E-state index >= 15 is 0 Å². The maximum absolute atomic E-state index is 12.8. The van der Waals surface area contributed by atoms with Crippen LogP contribution in [0.5, 0.6) is 11.6 Å². The fourth-order valence-electron chi connectivity index (χ4n) is 3.29. The number of ether oxygens (including phenoxy) is 2. The van der Waals surface area contributed by atoms with Gasteiger partial charge in [0, 0.05) is 23.8 Å². The molecule has 4 aromatic rings. The Kier molecular flexibility index (Phi) is 6.13. The van der Waals surface area contributed by atoms with Gasteiger partial charge < -0.3 is 9.47 Å². The molecule has 162 valence electrons. The molecule has 32 heavy (non-hydrogen) atoms. The Hall–Kier alpha value is -3.78. The second-order valence-electron chi connectivity index (χ2n) is 6.98. The highest BCUT2D eigenvalue weighted by molar-refractivity contribution is 7.91. The first kappa shape index (κ1) is 21.5. The lowest BCUT2D eigenvalue weighted by molar-refractivity contribution is 0.0598. The molecule has 0 saturated carbocycles. The van der Waals surface area contributed by atoms with E-state index in [0.717, 1.165) is 16.5 Å². The van der Waals surface area contributed by atoms with Gasteiger partial charge in [0.2, 0.25) is 5.88 Å². The molecule has 0 unspecified atom stereocenters. The lowest BCUT2D eigenvalue weighted by atomic mass is 10.1. The van der Waals surface area contributed by atoms with E-state index in [0.29, 0.717) is 6.42 Å². The Morgan fingerprint density at radius 1 is 0.938 bits per heavy atom. The molecular formula is C24H20N2O5S. The summed E-state index contributed by atoms with van der Waals surface area (Å²) in [6, 6.07) is 19.0. The van der Waals surface area contributed by atoms with Crippen LogP contribution in [0.3, 0.4) is 0 Å². The molecule has 0 spiro atoms. The average molecular weight is 449 g/mol. The molecule has 0 fully saturated rings. The highest BCUT2D eigenvalue weighted by Crippen LogP contribution is 2.25. The fourth-order valence-corrected chi connectivity index (χ4v) is 4.51. The van der Waals surface area contributed by atoms with Gasteiger partial charge in [0.1, 0.15) is 11.3 Å². The van der Waals surface area contributed by atoms with Crippen molar-refractivity contribution in [2.24, 2.45) is 0 Å². The van der Waals surface area contributed by atoms with Crippen LogP contribution in [0.4, 0.5) is 0 Å². The number of benzene rings is 2. The van der Waals surface area contributed by atoms with E-state index in [2.05, 4.69) is 9.97 Å². The van der Waals surface area contributed by atoms with Crippen LogP contribution in [-0.4, -0.2) is 37.2 Å². The summed E-state index contributed by atoms with van der Waals surface area (Å²) in [6.45, 7) is 0. The molecule has 2 aromatic heterocycles. The first-order chi connectivity index (χ1) is 15.5. The number of sulfone groups is 1. The van der Waals surface area contributed by atoms with Crippen molar-refractivity contribution in [3.63, 3.8) is 0 Å². The van der Waals surface area contributed by atoms with Gasteiger partial charge in [-0.15, -0.1) is 0 Å². The summed E-state index contributed by atoms with van der Waals surface area (Å²) in [5.74, 6) is -0.162. The molecule has 4 rings (SSSR count). The van der Waals surface area contributed by atoms with Crippen molar-refractivity contribution in [2.75, 3.05) is 12.9 Å². The standard InChI is InChI=1S/C24H20N2O5S/c1-30-24(27)20-7-3-5-9-22(20)31-23-11-10-18(16-26-23)32(28,29)15-13-17-12-14-25-21-8-4-2-6-19(17)21/h2-12,14,16H,13,15H2,1H3. The summed E-state index contributed by atoms with van der Waals surface area (Å²) in [6.07, 6.45) is 3.30. The van der Waals surface area contributed by atoms with Crippen LogP contribution < -0.4 is 4.74 Å². The average Bonchev–Trinajstić information content (AvgIpc) is 2.83. The number of esters is 1. The number of pyridine rings is 2. The maximum Gasteiger partial charge on any atom is 0.341 e. The number of aromatic nitrogens is 2. The predicted molar refractivity (Wildman–Crippen MR) is 120 cm³/mol. The summed E-state index contributed by atoms with van der Waals surface area (Å²) < 4.78 is 36.1. The molecule has 2 heterocycles. The van der Waals surface area contributed by atoms with Crippen molar-refractivity contribution in [2.45, 2.75) is 11.3 Å². The maximum atomic E-state index is 12.8. The minimum Gasteiger partial charge on any atom is -0.465 e. The Bertz CT molecular complexity index is 1360. The van der Waals surface area contributed by atoms with Gasteiger partial charge in [0.15, 0.2) is 9.84 Å². The first-order valence-corrected chi connectivity index (χ1v) is 11.5. The van der Waals surface area contributed by atoms with Crippen molar-refractivity contribution in [1.29, 1.82) is 0 Å². The molecule has 0 atom stereocenters. The van der Waals surface area contributed by atoms with Gasteiger partial charge in [0.25, 0.3) is 0 Å². The van der Waals surface area contributed by atoms with Gasteiger partial charge in [-0.1, -0.05) is 30.3 Å². The number of hydrogen-bond donors (Lipinski definition) is 0. The van der Waals surface area contributed by atoms with Gasteiger partial charge in [-0.25, -0.2) is 18.2 Å². The third-order valence-corrected chi connectivity index (χ3v) is 6.66. The quantitative estimate of drug-likeness (QED) is 0.391. The van der Waals surface area contributed by atoms with Gasteiger partial charge in [-0.05, 0) is 42.3 Å². The van der Waals surface area contributed by atoms with Crippen molar-refractivity contribution in [1.82, 2.24) is 9.97 Å². The van der Waals surface area contributed by atoms with Crippen LogP contribution >= 0.6 is 0 Å². The van der Waals surface area contributed by atoms with E-state index in [9.17, 15) is 13.2 Å². The van der Waals surface area contributed by atoms with Gasteiger partial charge >= 0.3 is 5.97 Å². The summed E-state index contributed by atoms with van der Waals surface area (Å²) in [5.41, 5.74) is 2.00. The van der Waals surface area contributed by atoms with E-state index in [1.165, 1.54) is 25.4 Å². The number of para-hydroxylation sites is 2. The first-order valence-electron chi connectivity index (χ1n) is 9.84. The molecule has 0 amide bonds. The lowest BCUT2D eigenvalue weighted by Crippen LogP contribution is -2.10. The van der Waals surface area contributed by atoms with E-state index in [4.69, 9.17) is 9.47 Å². The number of carbonyl (C=O) groups is 1. The summed E-state index contributed by atoms with van der Waals surface area (Å²) in [7, 11) is -2.27. The molecule has 0 aliphatic rings. The van der Waals surface area contributed by atoms with Crippen LogP contribution in [0.2, 0.25) is 0 Å². The van der Waals surface area contributed by atoms with Gasteiger partial charge in [-0.3, -0.25) is 4.98 Å². The number of nitrogens with zero attached hydrogens (tertiary/aromatic N) is 2. The number of aryl methyl sites for hydroxylation is 1. The minimum absolute atomic E-state index is 0.0614. The Morgan fingerprint density at radius 3 is 2.50 bits per heavy atom. The molecule has 2 aromatic carbocycles. The van der Waals surface area contributed by atoms with Crippen molar-refractivity contribution in [3.05, 3.63) is 90.3 Å². The molecule has 7 nitrogen and oxygen atoms in total. The van der Waals surface area contributed by atoms with E-state index in [1.54, 1.807) is 30.5 Å². The normalized spacial score (nSPS) is 11.3. The number of methoxy groups -OCH3 is 1. The predicted octanol–water partition coefficient (Wildman–Crippen LogP) is 4.23. The molecular weight excluding hydrogens is 428 g/mol. The van der Waals surface area contributed by atoms with Crippen molar-refractivity contribution >= 4 is 26.7 Å². The second kappa shape index (κ2) is 9.15. The third-order valence-electron chi connectivity index (χ3n) is 4.95. The summed E-state index contributed by atoms with van der Waals surface area (Å²) in [5, 5.41) is 0.941. The zero-order valence-electron chi connectivity index (χ0n) is 17.3. The van der Waals surface area contributed by atoms with Crippen LogP contribution in [0.1, 0.15) is 15.9 Å². The van der Waals surface area contributed by atoms with Crippen LogP contribution in [0, 0.1) is 0 Å². The topological polar surface area (TPSA) is 95.5 Å². The monoisotopic (exact) mass is 448 g/mol. The second-order valence-corrected chi connectivity index (χ2v) is 9.09. The Balaban J connectivity index is 1.49.